The standard InChI is InChI=1S/C31H47F2N/c1-2-3-4-5-6-7-8-9-10-24-13-17-27(18-14-24)28-19-15-25(16-20-28)11-12-26-21-30(32)29(23-34)31(33)22-26/h21-22,24-25,27-28H,2-20H2,1H3/t24-,25-,27-,28-. The minimum absolute atomic E-state index is 0.461. The van der Waals surface area contributed by atoms with Crippen molar-refractivity contribution in [3.05, 3.63) is 34.9 Å². The lowest BCUT2D eigenvalue weighted by molar-refractivity contribution is 0.140. The first-order valence-electron chi connectivity index (χ1n) is 14.5. The van der Waals surface area contributed by atoms with Crippen LogP contribution < -0.4 is 0 Å². The fraction of sp³-hybridized carbons (Fsp3) is 0.774. The van der Waals surface area contributed by atoms with Crippen molar-refractivity contribution in [2.75, 3.05) is 0 Å². The summed E-state index contributed by atoms with van der Waals surface area (Å²) in [5.41, 5.74) is 0.225. The van der Waals surface area contributed by atoms with Gasteiger partial charge in [0.05, 0.1) is 0 Å². The monoisotopic (exact) mass is 471 g/mol. The van der Waals surface area contributed by atoms with E-state index in [2.05, 4.69) is 6.92 Å². The molecule has 2 saturated carbocycles. The average molecular weight is 472 g/mol. The molecule has 0 aromatic heterocycles. The number of nitrogens with zero attached hydrogens (tertiary/aromatic N) is 1. The van der Waals surface area contributed by atoms with Gasteiger partial charge in [-0.15, -0.1) is 0 Å². The zero-order valence-electron chi connectivity index (χ0n) is 21.6. The molecule has 0 atom stereocenters. The summed E-state index contributed by atoms with van der Waals surface area (Å²) in [7, 11) is 0. The predicted molar refractivity (Wildman–Crippen MR) is 138 cm³/mol. The Morgan fingerprint density at radius 1 is 0.706 bits per heavy atom. The maximum absolute atomic E-state index is 13.9. The third kappa shape index (κ3) is 8.66. The van der Waals surface area contributed by atoms with E-state index < -0.39 is 17.2 Å². The summed E-state index contributed by atoms with van der Waals surface area (Å²) < 4.78 is 27.7. The SMILES string of the molecule is CCCCCCCCCC[C@H]1CC[C@H]([C@H]2CC[C@H](CCc3cc(F)c(C#N)c(F)c3)CC2)CC1. The Hall–Kier alpha value is -1.43. The van der Waals surface area contributed by atoms with Crippen LogP contribution in [-0.2, 0) is 6.42 Å². The molecule has 3 rings (SSSR count). The molecule has 2 fully saturated rings. The summed E-state index contributed by atoms with van der Waals surface area (Å²) in [6.45, 7) is 2.29. The van der Waals surface area contributed by atoms with Gasteiger partial charge < -0.3 is 0 Å². The summed E-state index contributed by atoms with van der Waals surface area (Å²) in [6.07, 6.45) is 25.6. The summed E-state index contributed by atoms with van der Waals surface area (Å²) in [6, 6.07) is 4.30. The third-order valence-corrected chi connectivity index (χ3v) is 8.97. The van der Waals surface area contributed by atoms with Gasteiger partial charge in [0.2, 0.25) is 0 Å². The maximum Gasteiger partial charge on any atom is 0.144 e. The molecule has 2 aliphatic rings. The molecule has 190 valence electrons. The minimum atomic E-state index is -0.723. The molecule has 3 heteroatoms. The van der Waals surface area contributed by atoms with Crippen molar-refractivity contribution >= 4 is 0 Å². The van der Waals surface area contributed by atoms with Gasteiger partial charge in [0, 0.05) is 0 Å². The average Bonchev–Trinajstić information content (AvgIpc) is 2.85. The molecule has 0 N–H and O–H groups in total. The number of nitriles is 1. The Labute approximate surface area is 207 Å². The first kappa shape index (κ1) is 27.2. The van der Waals surface area contributed by atoms with E-state index in [1.807, 2.05) is 0 Å². The van der Waals surface area contributed by atoms with Crippen LogP contribution in [0.25, 0.3) is 0 Å². The van der Waals surface area contributed by atoms with E-state index in [0.717, 1.165) is 24.2 Å². The second-order valence-electron chi connectivity index (χ2n) is 11.4. The largest absolute Gasteiger partial charge is 0.205 e. The number of rotatable bonds is 13. The van der Waals surface area contributed by atoms with Gasteiger partial charge in [0.1, 0.15) is 23.3 Å². The summed E-state index contributed by atoms with van der Waals surface area (Å²) in [4.78, 5) is 0. The first-order chi connectivity index (χ1) is 16.6. The number of halogens is 2. The Balaban J connectivity index is 1.26. The quantitative estimate of drug-likeness (QED) is 0.263. The number of aryl methyl sites for hydroxylation is 1. The molecule has 0 heterocycles. The lowest BCUT2D eigenvalue weighted by atomic mass is 9.68. The van der Waals surface area contributed by atoms with Crippen molar-refractivity contribution in [1.82, 2.24) is 0 Å². The van der Waals surface area contributed by atoms with Crippen LogP contribution in [0.15, 0.2) is 12.1 Å². The molecule has 2 aliphatic carbocycles. The molecule has 0 amide bonds. The number of hydrogen-bond acceptors (Lipinski definition) is 1. The van der Waals surface area contributed by atoms with Crippen molar-refractivity contribution in [3.8, 4) is 6.07 Å². The lowest BCUT2D eigenvalue weighted by Gasteiger charge is -2.38. The van der Waals surface area contributed by atoms with Crippen molar-refractivity contribution in [1.29, 1.82) is 5.26 Å². The molecular formula is C31H47F2N. The van der Waals surface area contributed by atoms with E-state index in [-0.39, 0.29) is 0 Å². The molecule has 1 aromatic carbocycles. The van der Waals surface area contributed by atoms with Crippen LogP contribution in [0.1, 0.15) is 134 Å². The van der Waals surface area contributed by atoms with Crippen molar-refractivity contribution in [2.24, 2.45) is 23.7 Å². The Morgan fingerprint density at radius 2 is 1.18 bits per heavy atom. The van der Waals surface area contributed by atoms with Gasteiger partial charge in [0.15, 0.2) is 0 Å². The predicted octanol–water partition coefficient (Wildman–Crippen LogP) is 9.91. The van der Waals surface area contributed by atoms with Gasteiger partial charge in [-0.2, -0.15) is 5.26 Å². The summed E-state index contributed by atoms with van der Waals surface area (Å²) in [5.74, 6) is 2.07. The molecule has 0 bridgehead atoms. The van der Waals surface area contributed by atoms with E-state index >= 15 is 0 Å². The second-order valence-corrected chi connectivity index (χ2v) is 11.4. The van der Waals surface area contributed by atoms with E-state index in [9.17, 15) is 8.78 Å². The summed E-state index contributed by atoms with van der Waals surface area (Å²) in [5, 5.41) is 8.83. The molecule has 0 spiro atoms. The molecule has 1 aromatic rings. The van der Waals surface area contributed by atoms with Crippen LogP contribution in [0.4, 0.5) is 8.78 Å². The molecule has 0 unspecified atom stereocenters. The first-order valence-corrected chi connectivity index (χ1v) is 14.5. The lowest BCUT2D eigenvalue weighted by Crippen LogP contribution is -2.26. The highest BCUT2D eigenvalue weighted by molar-refractivity contribution is 5.35. The second kappa shape index (κ2) is 14.9. The van der Waals surface area contributed by atoms with Gasteiger partial charge in [0.25, 0.3) is 0 Å². The number of hydrogen-bond donors (Lipinski definition) is 0. The van der Waals surface area contributed by atoms with E-state index in [1.165, 1.54) is 121 Å². The highest BCUT2D eigenvalue weighted by Gasteiger charge is 2.30. The Kier molecular flexibility index (Phi) is 11.9. The Bertz CT molecular complexity index is 728. The topological polar surface area (TPSA) is 23.8 Å². The van der Waals surface area contributed by atoms with Gasteiger partial charge in [-0.1, -0.05) is 90.4 Å². The van der Waals surface area contributed by atoms with Gasteiger partial charge >= 0.3 is 0 Å². The van der Waals surface area contributed by atoms with Crippen LogP contribution in [0, 0.1) is 46.6 Å². The van der Waals surface area contributed by atoms with Crippen molar-refractivity contribution in [2.45, 2.75) is 129 Å². The van der Waals surface area contributed by atoms with Crippen LogP contribution >= 0.6 is 0 Å². The third-order valence-electron chi connectivity index (χ3n) is 8.97. The van der Waals surface area contributed by atoms with E-state index in [1.54, 1.807) is 6.07 Å². The molecule has 1 nitrogen and oxygen atoms in total. The molecule has 0 radical (unpaired) electrons. The van der Waals surface area contributed by atoms with Crippen molar-refractivity contribution < 1.29 is 8.78 Å². The van der Waals surface area contributed by atoms with Crippen molar-refractivity contribution in [3.63, 3.8) is 0 Å². The highest BCUT2D eigenvalue weighted by atomic mass is 19.1. The van der Waals surface area contributed by atoms with Crippen LogP contribution in [-0.4, -0.2) is 0 Å². The fourth-order valence-electron chi connectivity index (χ4n) is 6.71. The Morgan fingerprint density at radius 3 is 1.68 bits per heavy atom. The molecule has 0 aliphatic heterocycles. The van der Waals surface area contributed by atoms with Crippen LogP contribution in [0.5, 0.6) is 0 Å². The molecule has 34 heavy (non-hydrogen) atoms. The zero-order chi connectivity index (χ0) is 24.2. The maximum atomic E-state index is 13.9. The smallest absolute Gasteiger partial charge is 0.144 e. The van der Waals surface area contributed by atoms with Gasteiger partial charge in [-0.05, 0) is 79.9 Å². The summed E-state index contributed by atoms with van der Waals surface area (Å²) >= 11 is 0. The number of benzene rings is 1. The van der Waals surface area contributed by atoms with E-state index in [0.29, 0.717) is 17.9 Å². The highest BCUT2D eigenvalue weighted by Crippen LogP contribution is 2.43. The normalized spacial score (nSPS) is 25.2. The van der Waals surface area contributed by atoms with Gasteiger partial charge in [-0.25, -0.2) is 8.78 Å². The fourth-order valence-corrected chi connectivity index (χ4v) is 6.71. The number of unbranched alkanes of at least 4 members (excludes halogenated alkanes) is 7. The van der Waals surface area contributed by atoms with Crippen LogP contribution in [0.3, 0.4) is 0 Å². The molecular weight excluding hydrogens is 424 g/mol. The van der Waals surface area contributed by atoms with Crippen LogP contribution in [0.2, 0.25) is 0 Å². The zero-order valence-corrected chi connectivity index (χ0v) is 21.6. The van der Waals surface area contributed by atoms with Gasteiger partial charge in [-0.3, -0.25) is 0 Å². The molecule has 0 saturated heterocycles. The minimum Gasteiger partial charge on any atom is -0.205 e. The van der Waals surface area contributed by atoms with E-state index in [4.69, 9.17) is 5.26 Å².